The minimum atomic E-state index is -0.118. The third kappa shape index (κ3) is 2.01. The van der Waals surface area contributed by atoms with E-state index in [2.05, 4.69) is 0 Å². The van der Waals surface area contributed by atoms with Gasteiger partial charge in [-0.3, -0.25) is 9.20 Å². The number of rotatable bonds is 2. The number of benzene rings is 2. The molecule has 0 fully saturated rings. The first-order chi connectivity index (χ1) is 13.1. The summed E-state index contributed by atoms with van der Waals surface area (Å²) in [5, 5.41) is 1.64. The standard InChI is InChI=1S/C21H17N3O3/c1-23-16-11-18(27-3)17(26-2)10-14(16)21(25)24-9-8-13-12-6-4-5-7-15(12)22-19(13)20(23)24/h4-11H,1-3H3. The smallest absolute Gasteiger partial charge is 0.265 e. The molecule has 1 aromatic heterocycles. The number of para-hydroxylation sites is 1. The Morgan fingerprint density at radius 1 is 0.963 bits per heavy atom. The van der Waals surface area contributed by atoms with Crippen molar-refractivity contribution in [2.75, 3.05) is 14.2 Å². The Bertz CT molecular complexity index is 1380. The second kappa shape index (κ2) is 5.48. The number of ether oxygens (including phenoxy) is 2. The van der Waals surface area contributed by atoms with Gasteiger partial charge >= 0.3 is 0 Å². The molecule has 27 heavy (non-hydrogen) atoms. The van der Waals surface area contributed by atoms with Crippen LogP contribution in [0.5, 0.6) is 11.5 Å². The fraction of sp³-hybridized carbons (Fsp3) is 0.143. The molecule has 0 unspecified atom stereocenters. The molecule has 0 atom stereocenters. The summed E-state index contributed by atoms with van der Waals surface area (Å²) in [5.41, 5.74) is 4.13. The summed E-state index contributed by atoms with van der Waals surface area (Å²) in [5.74, 6) is 1.11. The SMILES string of the molecule is COc1cc2c(=O)n3ccc4c5ccccc5nc-4c3n(C)c2cc1OC. The summed E-state index contributed by atoms with van der Waals surface area (Å²) in [6, 6.07) is 13.5. The highest BCUT2D eigenvalue weighted by molar-refractivity contribution is 6.01. The van der Waals surface area contributed by atoms with Crippen LogP contribution in [0.1, 0.15) is 0 Å². The summed E-state index contributed by atoms with van der Waals surface area (Å²) in [6.45, 7) is 0. The van der Waals surface area contributed by atoms with Crippen molar-refractivity contribution < 1.29 is 9.47 Å². The quantitative estimate of drug-likeness (QED) is 0.453. The summed E-state index contributed by atoms with van der Waals surface area (Å²) < 4.78 is 14.4. The molecule has 2 aromatic carbocycles. The van der Waals surface area contributed by atoms with E-state index in [0.717, 1.165) is 33.3 Å². The summed E-state index contributed by atoms with van der Waals surface area (Å²) in [4.78, 5) is 18.0. The molecule has 0 aliphatic carbocycles. The van der Waals surface area contributed by atoms with Crippen LogP contribution in [0.4, 0.5) is 0 Å². The molecule has 6 nitrogen and oxygen atoms in total. The first-order valence-corrected chi connectivity index (χ1v) is 8.58. The molecular weight excluding hydrogens is 342 g/mol. The largest absolute Gasteiger partial charge is 0.493 e. The second-order valence-corrected chi connectivity index (χ2v) is 6.49. The first kappa shape index (κ1) is 15.7. The van der Waals surface area contributed by atoms with Crippen LogP contribution < -0.4 is 15.0 Å². The van der Waals surface area contributed by atoms with Gasteiger partial charge in [-0.1, -0.05) is 18.2 Å². The lowest BCUT2D eigenvalue weighted by atomic mass is 10.1. The van der Waals surface area contributed by atoms with Crippen LogP contribution in [-0.2, 0) is 7.05 Å². The van der Waals surface area contributed by atoms with E-state index in [9.17, 15) is 4.79 Å². The van der Waals surface area contributed by atoms with Crippen molar-refractivity contribution in [3.8, 4) is 22.8 Å². The molecule has 0 saturated heterocycles. The molecule has 0 spiro atoms. The Balaban J connectivity index is 2.01. The highest BCUT2D eigenvalue weighted by Gasteiger charge is 2.20. The van der Waals surface area contributed by atoms with Crippen molar-refractivity contribution in [2.24, 2.45) is 7.05 Å². The predicted molar refractivity (Wildman–Crippen MR) is 105 cm³/mol. The third-order valence-corrected chi connectivity index (χ3v) is 5.14. The number of aryl methyl sites for hydroxylation is 1. The minimum Gasteiger partial charge on any atom is -0.493 e. The van der Waals surface area contributed by atoms with Crippen molar-refractivity contribution in [3.63, 3.8) is 0 Å². The number of hydrogen-bond acceptors (Lipinski definition) is 4. The van der Waals surface area contributed by atoms with Gasteiger partial charge in [-0.05, 0) is 18.2 Å². The normalized spacial score (nSPS) is 11.7. The van der Waals surface area contributed by atoms with Gasteiger partial charge in [0.2, 0.25) is 0 Å². The Labute approximate surface area is 154 Å². The van der Waals surface area contributed by atoms with E-state index >= 15 is 0 Å². The van der Waals surface area contributed by atoms with Crippen LogP contribution in [0.15, 0.2) is 53.5 Å². The van der Waals surface area contributed by atoms with E-state index in [0.29, 0.717) is 16.9 Å². The van der Waals surface area contributed by atoms with Gasteiger partial charge in [0.15, 0.2) is 11.5 Å². The molecule has 5 rings (SSSR count). The topological polar surface area (TPSA) is 57.8 Å². The fourth-order valence-electron chi connectivity index (χ4n) is 3.83. The van der Waals surface area contributed by atoms with Gasteiger partial charge in [0.25, 0.3) is 5.56 Å². The molecule has 2 aliphatic rings. The van der Waals surface area contributed by atoms with Gasteiger partial charge in [0.05, 0.1) is 30.6 Å². The van der Waals surface area contributed by atoms with E-state index in [4.69, 9.17) is 14.5 Å². The zero-order chi connectivity index (χ0) is 18.7. The van der Waals surface area contributed by atoms with Crippen molar-refractivity contribution in [3.05, 3.63) is 59.0 Å². The molecular formula is C21H17N3O3. The van der Waals surface area contributed by atoms with Crippen molar-refractivity contribution in [2.45, 2.75) is 0 Å². The molecule has 0 saturated carbocycles. The van der Waals surface area contributed by atoms with Gasteiger partial charge in [-0.15, -0.1) is 0 Å². The number of hydrogen-bond donors (Lipinski definition) is 0. The number of fused-ring (bicyclic) bond motifs is 6. The monoisotopic (exact) mass is 359 g/mol. The van der Waals surface area contributed by atoms with E-state index < -0.39 is 0 Å². The van der Waals surface area contributed by atoms with Crippen molar-refractivity contribution in [1.29, 1.82) is 0 Å². The molecule has 3 aromatic rings. The molecule has 3 heterocycles. The van der Waals surface area contributed by atoms with Crippen LogP contribution in [0.3, 0.4) is 0 Å². The summed E-state index contributed by atoms with van der Waals surface area (Å²) in [7, 11) is 5.08. The Hall–Kier alpha value is -3.54. The highest BCUT2D eigenvalue weighted by atomic mass is 16.5. The number of nitrogens with zero attached hydrogens (tertiary/aromatic N) is 3. The maximum absolute atomic E-state index is 13.2. The van der Waals surface area contributed by atoms with Crippen LogP contribution >= 0.6 is 0 Å². The van der Waals surface area contributed by atoms with Crippen LogP contribution in [0.2, 0.25) is 0 Å². The lowest BCUT2D eigenvalue weighted by molar-refractivity contribution is 0.355. The van der Waals surface area contributed by atoms with Gasteiger partial charge in [0.1, 0.15) is 11.3 Å². The molecule has 134 valence electrons. The third-order valence-electron chi connectivity index (χ3n) is 5.14. The van der Waals surface area contributed by atoms with Gasteiger partial charge in [-0.2, -0.15) is 0 Å². The average Bonchev–Trinajstić information content (AvgIpc) is 3.09. The maximum atomic E-state index is 13.2. The van der Waals surface area contributed by atoms with Gasteiger partial charge < -0.3 is 14.0 Å². The van der Waals surface area contributed by atoms with Crippen LogP contribution in [0, 0.1) is 0 Å². The Kier molecular flexibility index (Phi) is 3.18. The molecule has 0 bridgehead atoms. The molecule has 0 amide bonds. The second-order valence-electron chi connectivity index (χ2n) is 6.49. The van der Waals surface area contributed by atoms with E-state index in [1.54, 1.807) is 24.7 Å². The zero-order valence-electron chi connectivity index (χ0n) is 15.2. The highest BCUT2D eigenvalue weighted by Crippen LogP contribution is 2.35. The molecule has 6 heteroatoms. The van der Waals surface area contributed by atoms with Gasteiger partial charge in [0, 0.05) is 30.3 Å². The minimum absolute atomic E-state index is 0.118. The van der Waals surface area contributed by atoms with E-state index in [1.807, 2.05) is 54.2 Å². The van der Waals surface area contributed by atoms with Crippen LogP contribution in [0.25, 0.3) is 38.7 Å². The van der Waals surface area contributed by atoms with E-state index in [-0.39, 0.29) is 5.56 Å². The number of aromatic nitrogens is 3. The lowest BCUT2D eigenvalue weighted by Crippen LogP contribution is -2.19. The fourth-order valence-corrected chi connectivity index (χ4v) is 3.83. The van der Waals surface area contributed by atoms with E-state index in [1.165, 1.54) is 0 Å². The molecule has 2 aliphatic heterocycles. The molecule has 0 N–H and O–H groups in total. The van der Waals surface area contributed by atoms with Crippen LogP contribution in [-0.4, -0.2) is 28.2 Å². The summed E-state index contributed by atoms with van der Waals surface area (Å²) in [6.07, 6.45) is 1.81. The zero-order valence-corrected chi connectivity index (χ0v) is 15.2. The number of methoxy groups -OCH3 is 2. The Morgan fingerprint density at radius 3 is 2.48 bits per heavy atom. The lowest BCUT2D eigenvalue weighted by Gasteiger charge is -2.16. The Morgan fingerprint density at radius 2 is 1.70 bits per heavy atom. The van der Waals surface area contributed by atoms with Gasteiger partial charge in [-0.25, -0.2) is 4.98 Å². The number of pyridine rings is 1. The average molecular weight is 359 g/mol. The van der Waals surface area contributed by atoms with Crippen molar-refractivity contribution in [1.82, 2.24) is 14.0 Å². The first-order valence-electron chi connectivity index (χ1n) is 8.58. The van der Waals surface area contributed by atoms with Crippen molar-refractivity contribution >= 4 is 27.5 Å². The summed E-state index contributed by atoms with van der Waals surface area (Å²) >= 11 is 0. The maximum Gasteiger partial charge on any atom is 0.265 e. The molecule has 0 radical (unpaired) electrons. The predicted octanol–water partition coefficient (Wildman–Crippen LogP) is 3.46.